The molecule has 1 aliphatic rings. The Hall–Kier alpha value is -1.26. The van der Waals surface area contributed by atoms with Crippen LogP contribution < -0.4 is 11.1 Å². The summed E-state index contributed by atoms with van der Waals surface area (Å²) in [6.07, 6.45) is 4.57. The van der Waals surface area contributed by atoms with E-state index in [0.717, 1.165) is 12.8 Å². The maximum atomic E-state index is 11.2. The highest BCUT2D eigenvalue weighted by molar-refractivity contribution is 5.82. The molecule has 1 rings (SSSR count). The Bertz CT molecular complexity index is 258. The number of nitrogens with one attached hydrogen (secondary N) is 1. The maximum Gasteiger partial charge on any atom is 0.260 e. The number of carbonyl (C=O) groups excluding carboxylic acids is 1. The number of amidine groups is 1. The van der Waals surface area contributed by atoms with Gasteiger partial charge in [-0.1, -0.05) is 18.0 Å². The zero-order chi connectivity index (χ0) is 12.0. The highest BCUT2D eigenvalue weighted by Crippen LogP contribution is 2.24. The van der Waals surface area contributed by atoms with E-state index < -0.39 is 0 Å². The molecule has 0 unspecified atom stereocenters. The van der Waals surface area contributed by atoms with E-state index in [0.29, 0.717) is 11.8 Å². The Balaban J connectivity index is 2.22. The summed E-state index contributed by atoms with van der Waals surface area (Å²) < 4.78 is 0. The topological polar surface area (TPSA) is 76.7 Å². The minimum absolute atomic E-state index is 0.0639. The largest absolute Gasteiger partial charge is 0.384 e. The fourth-order valence-corrected chi connectivity index (χ4v) is 1.83. The zero-order valence-electron chi connectivity index (χ0n) is 10.0. The molecule has 0 heterocycles. The molecule has 16 heavy (non-hydrogen) atoms. The molecule has 1 fully saturated rings. The van der Waals surface area contributed by atoms with Gasteiger partial charge in [-0.2, -0.15) is 0 Å². The van der Waals surface area contributed by atoms with Crippen LogP contribution in [-0.2, 0) is 9.63 Å². The molecule has 5 heteroatoms. The lowest BCUT2D eigenvalue weighted by Crippen LogP contribution is -2.33. The number of rotatable bonds is 5. The number of nitrogens with zero attached hydrogens (tertiary/aromatic N) is 1. The summed E-state index contributed by atoms with van der Waals surface area (Å²) in [5.74, 6) is 0.695. The summed E-state index contributed by atoms with van der Waals surface area (Å²) in [6.45, 7) is 3.73. The van der Waals surface area contributed by atoms with Gasteiger partial charge in [-0.25, -0.2) is 0 Å². The highest BCUT2D eigenvalue weighted by Gasteiger charge is 2.19. The third kappa shape index (κ3) is 4.51. The first kappa shape index (κ1) is 12.8. The van der Waals surface area contributed by atoms with Crippen LogP contribution in [0.4, 0.5) is 0 Å². The molecule has 5 nitrogen and oxygen atoms in total. The quantitative estimate of drug-likeness (QED) is 0.418. The van der Waals surface area contributed by atoms with Gasteiger partial charge in [0.25, 0.3) is 5.91 Å². The fourth-order valence-electron chi connectivity index (χ4n) is 1.83. The van der Waals surface area contributed by atoms with Crippen LogP contribution in [0.5, 0.6) is 0 Å². The molecule has 0 aromatic rings. The minimum atomic E-state index is -0.169. The first-order valence-corrected chi connectivity index (χ1v) is 5.84. The van der Waals surface area contributed by atoms with Crippen LogP contribution in [0.15, 0.2) is 5.16 Å². The van der Waals surface area contributed by atoms with Crippen LogP contribution in [0.3, 0.4) is 0 Å². The van der Waals surface area contributed by atoms with Gasteiger partial charge in [-0.3, -0.25) is 4.79 Å². The van der Waals surface area contributed by atoms with Crippen molar-refractivity contribution in [2.45, 2.75) is 45.6 Å². The lowest BCUT2D eigenvalue weighted by atomic mass is 10.1. The summed E-state index contributed by atoms with van der Waals surface area (Å²) in [5.41, 5.74) is 5.76. The molecule has 3 N–H and O–H groups in total. The van der Waals surface area contributed by atoms with Gasteiger partial charge in [0.1, 0.15) is 5.84 Å². The molecule has 0 aromatic carbocycles. The molecule has 0 aromatic heterocycles. The predicted octanol–water partition coefficient (Wildman–Crippen LogP) is 0.990. The van der Waals surface area contributed by atoms with Gasteiger partial charge in [-0.15, -0.1) is 0 Å². The van der Waals surface area contributed by atoms with Crippen molar-refractivity contribution in [1.82, 2.24) is 5.32 Å². The van der Waals surface area contributed by atoms with E-state index in [4.69, 9.17) is 10.6 Å². The Labute approximate surface area is 96.4 Å². The van der Waals surface area contributed by atoms with Crippen LogP contribution in [0.1, 0.15) is 39.5 Å². The number of nitrogens with two attached hydrogens (primary N) is 1. The Morgan fingerprint density at radius 3 is 2.69 bits per heavy atom. The molecule has 92 valence electrons. The second-order valence-corrected chi connectivity index (χ2v) is 4.49. The lowest BCUT2D eigenvalue weighted by molar-refractivity contribution is -0.126. The van der Waals surface area contributed by atoms with Gasteiger partial charge in [-0.05, 0) is 26.7 Å². The van der Waals surface area contributed by atoms with Crippen molar-refractivity contribution in [3.63, 3.8) is 0 Å². The summed E-state index contributed by atoms with van der Waals surface area (Å²) in [5, 5.41) is 6.50. The third-order valence-electron chi connectivity index (χ3n) is 2.59. The molecule has 0 bridgehead atoms. The molecule has 0 saturated heterocycles. The van der Waals surface area contributed by atoms with Crippen LogP contribution in [-0.4, -0.2) is 24.4 Å². The first-order chi connectivity index (χ1) is 7.59. The van der Waals surface area contributed by atoms with Gasteiger partial charge in [0.2, 0.25) is 0 Å². The monoisotopic (exact) mass is 227 g/mol. The summed E-state index contributed by atoms with van der Waals surface area (Å²) in [4.78, 5) is 16.1. The number of amides is 1. The van der Waals surface area contributed by atoms with Crippen LogP contribution >= 0.6 is 0 Å². The molecule has 0 atom stereocenters. The number of oxime groups is 1. The van der Waals surface area contributed by atoms with E-state index in [1.54, 1.807) is 0 Å². The lowest BCUT2D eigenvalue weighted by Gasteiger charge is -2.09. The van der Waals surface area contributed by atoms with Crippen molar-refractivity contribution in [3.8, 4) is 0 Å². The van der Waals surface area contributed by atoms with Crippen molar-refractivity contribution in [1.29, 1.82) is 0 Å². The van der Waals surface area contributed by atoms with E-state index in [2.05, 4.69) is 10.5 Å². The van der Waals surface area contributed by atoms with Crippen LogP contribution in [0.2, 0.25) is 0 Å². The van der Waals surface area contributed by atoms with E-state index in [-0.39, 0.29) is 18.6 Å². The zero-order valence-corrected chi connectivity index (χ0v) is 10.0. The van der Waals surface area contributed by atoms with Crippen molar-refractivity contribution >= 4 is 11.7 Å². The van der Waals surface area contributed by atoms with Gasteiger partial charge in [0.15, 0.2) is 6.61 Å². The molecule has 0 aliphatic heterocycles. The van der Waals surface area contributed by atoms with E-state index in [1.807, 2.05) is 13.8 Å². The molecule has 0 radical (unpaired) electrons. The van der Waals surface area contributed by atoms with Gasteiger partial charge in [0, 0.05) is 12.0 Å². The van der Waals surface area contributed by atoms with Crippen molar-refractivity contribution in [3.05, 3.63) is 0 Å². The van der Waals surface area contributed by atoms with E-state index in [1.165, 1.54) is 12.8 Å². The first-order valence-electron chi connectivity index (χ1n) is 5.84. The average Bonchev–Trinajstić information content (AvgIpc) is 2.68. The molecular formula is C11H21N3O2. The summed E-state index contributed by atoms with van der Waals surface area (Å²) in [7, 11) is 0. The standard InChI is InChI=1S/C11H21N3O2/c1-8(2)13-10(15)7-16-14-11(12)9-5-3-4-6-9/h8-9H,3-7H2,1-2H3,(H2,12,14)(H,13,15). The van der Waals surface area contributed by atoms with Gasteiger partial charge >= 0.3 is 0 Å². The minimum Gasteiger partial charge on any atom is -0.384 e. The van der Waals surface area contributed by atoms with Crippen molar-refractivity contribution in [2.75, 3.05) is 6.61 Å². The molecule has 1 amide bonds. The Morgan fingerprint density at radius 2 is 2.12 bits per heavy atom. The smallest absolute Gasteiger partial charge is 0.260 e. The second-order valence-electron chi connectivity index (χ2n) is 4.49. The SMILES string of the molecule is CC(C)NC(=O)CON=C(N)C1CCCC1. The van der Waals surface area contributed by atoms with Crippen molar-refractivity contribution < 1.29 is 9.63 Å². The highest BCUT2D eigenvalue weighted by atomic mass is 16.6. The molecule has 1 saturated carbocycles. The summed E-state index contributed by atoms with van der Waals surface area (Å²) in [6, 6.07) is 0.118. The van der Waals surface area contributed by atoms with E-state index in [9.17, 15) is 4.79 Å². The van der Waals surface area contributed by atoms with E-state index >= 15 is 0 Å². The molecular weight excluding hydrogens is 206 g/mol. The summed E-state index contributed by atoms with van der Waals surface area (Å²) >= 11 is 0. The van der Waals surface area contributed by atoms with Crippen LogP contribution in [0.25, 0.3) is 0 Å². The number of carbonyl (C=O) groups is 1. The normalized spacial score (nSPS) is 17.8. The van der Waals surface area contributed by atoms with Gasteiger partial charge < -0.3 is 15.9 Å². The fraction of sp³-hybridized carbons (Fsp3) is 0.818. The molecule has 0 spiro atoms. The van der Waals surface area contributed by atoms with Crippen LogP contribution in [0, 0.1) is 5.92 Å². The maximum absolute atomic E-state index is 11.2. The Kier molecular flexibility index (Phi) is 5.08. The average molecular weight is 227 g/mol. The third-order valence-corrected chi connectivity index (χ3v) is 2.59. The molecule has 1 aliphatic carbocycles. The Morgan fingerprint density at radius 1 is 1.50 bits per heavy atom. The predicted molar refractivity (Wildman–Crippen MR) is 62.8 cm³/mol. The van der Waals surface area contributed by atoms with Gasteiger partial charge in [0.05, 0.1) is 0 Å². The number of hydrogen-bond acceptors (Lipinski definition) is 3. The second kappa shape index (κ2) is 6.35. The van der Waals surface area contributed by atoms with Crippen molar-refractivity contribution in [2.24, 2.45) is 16.8 Å². The number of hydrogen-bond donors (Lipinski definition) is 2.